The lowest BCUT2D eigenvalue weighted by molar-refractivity contribution is 0.125. The zero-order valence-electron chi connectivity index (χ0n) is 13.4. The van der Waals surface area contributed by atoms with E-state index in [0.717, 1.165) is 5.56 Å². The number of hydrogen-bond acceptors (Lipinski definition) is 4. The fourth-order valence-corrected chi connectivity index (χ4v) is 5.79. The Hall–Kier alpha value is -1.40. The van der Waals surface area contributed by atoms with Crippen molar-refractivity contribution in [1.82, 2.24) is 0 Å². The third-order valence-corrected chi connectivity index (χ3v) is 7.02. The highest BCUT2D eigenvalue weighted by Crippen LogP contribution is 2.56. The van der Waals surface area contributed by atoms with Gasteiger partial charge in [-0.2, -0.15) is 0 Å². The molecule has 6 heteroatoms. The molecular formula is C18H20ClNO3S. The summed E-state index contributed by atoms with van der Waals surface area (Å²) in [7, 11) is -3.56. The van der Waals surface area contributed by atoms with Crippen molar-refractivity contribution in [3.63, 3.8) is 0 Å². The molecule has 0 aromatic heterocycles. The molecule has 0 radical (unpaired) electrons. The van der Waals surface area contributed by atoms with E-state index in [1.807, 2.05) is 19.1 Å². The lowest BCUT2D eigenvalue weighted by atomic mass is 10.1. The van der Waals surface area contributed by atoms with Crippen LogP contribution in [0.25, 0.3) is 0 Å². The molecule has 0 saturated heterocycles. The van der Waals surface area contributed by atoms with E-state index in [1.54, 1.807) is 42.5 Å². The van der Waals surface area contributed by atoms with E-state index in [0.29, 0.717) is 11.6 Å². The molecule has 1 fully saturated rings. The molecule has 1 aliphatic carbocycles. The number of sulfone groups is 1. The highest BCUT2D eigenvalue weighted by molar-refractivity contribution is 7.92. The van der Waals surface area contributed by atoms with Crippen LogP contribution in [-0.2, 0) is 14.6 Å². The van der Waals surface area contributed by atoms with Gasteiger partial charge in [0.05, 0.1) is 22.3 Å². The number of hydrogen-bond donors (Lipinski definition) is 1. The first kappa shape index (κ1) is 17.4. The topological polar surface area (TPSA) is 69.4 Å². The van der Waals surface area contributed by atoms with E-state index >= 15 is 0 Å². The third kappa shape index (κ3) is 2.97. The Morgan fingerprint density at radius 2 is 1.88 bits per heavy atom. The molecule has 0 heterocycles. The lowest BCUT2D eigenvalue weighted by Crippen LogP contribution is -2.36. The normalized spacial score (nSPS) is 26.3. The van der Waals surface area contributed by atoms with Gasteiger partial charge in [-0.05, 0) is 36.8 Å². The number of nitrogens with two attached hydrogens (primary N) is 1. The standard InChI is InChI=1S/C18H20ClNO3S/c1-2-23-12-18(20)16(13-7-6-8-14(19)11-13)17(18)24(21,22)15-9-4-3-5-10-15/h3-11,16-17H,2,12,20H2,1H3/t16-,17+,18-/m0/s1. The molecule has 2 N–H and O–H groups in total. The molecule has 3 atom stereocenters. The number of benzene rings is 2. The van der Waals surface area contributed by atoms with Gasteiger partial charge in [-0.3, -0.25) is 0 Å². The maximum absolute atomic E-state index is 13.1. The molecule has 2 aromatic carbocycles. The molecular weight excluding hydrogens is 346 g/mol. The van der Waals surface area contributed by atoms with Crippen LogP contribution in [0.15, 0.2) is 59.5 Å². The van der Waals surface area contributed by atoms with Gasteiger partial charge in [-0.1, -0.05) is 41.9 Å². The van der Waals surface area contributed by atoms with Crippen LogP contribution in [-0.4, -0.2) is 32.4 Å². The lowest BCUT2D eigenvalue weighted by Gasteiger charge is -2.12. The summed E-state index contributed by atoms with van der Waals surface area (Å²) >= 11 is 6.07. The first-order valence-electron chi connectivity index (χ1n) is 7.82. The molecule has 24 heavy (non-hydrogen) atoms. The van der Waals surface area contributed by atoms with Crippen LogP contribution in [0.3, 0.4) is 0 Å². The van der Waals surface area contributed by atoms with Crippen LogP contribution in [0.4, 0.5) is 0 Å². The summed E-state index contributed by atoms with van der Waals surface area (Å²) in [6, 6.07) is 15.6. The largest absolute Gasteiger partial charge is 0.380 e. The smallest absolute Gasteiger partial charge is 0.183 e. The molecule has 1 saturated carbocycles. The summed E-state index contributed by atoms with van der Waals surface area (Å²) in [6.07, 6.45) is 0. The fourth-order valence-electron chi connectivity index (χ4n) is 3.28. The molecule has 128 valence electrons. The van der Waals surface area contributed by atoms with Crippen molar-refractivity contribution in [2.75, 3.05) is 13.2 Å². The zero-order valence-corrected chi connectivity index (χ0v) is 14.9. The van der Waals surface area contributed by atoms with Crippen molar-refractivity contribution in [3.05, 3.63) is 65.2 Å². The van der Waals surface area contributed by atoms with E-state index in [9.17, 15) is 8.42 Å². The summed E-state index contributed by atoms with van der Waals surface area (Å²) in [5.74, 6) is -0.340. The highest BCUT2D eigenvalue weighted by Gasteiger charge is 2.69. The average Bonchev–Trinajstić information content (AvgIpc) is 3.21. The van der Waals surface area contributed by atoms with Crippen molar-refractivity contribution in [2.45, 2.75) is 28.5 Å². The molecule has 3 rings (SSSR count). The molecule has 0 amide bonds. The van der Waals surface area contributed by atoms with Crippen molar-refractivity contribution in [1.29, 1.82) is 0 Å². The third-order valence-electron chi connectivity index (χ3n) is 4.47. The van der Waals surface area contributed by atoms with Crippen LogP contribution in [0.1, 0.15) is 18.4 Å². The van der Waals surface area contributed by atoms with E-state index in [-0.39, 0.29) is 17.4 Å². The average molecular weight is 366 g/mol. The Kier molecular flexibility index (Phi) is 4.71. The Balaban J connectivity index is 2.01. The van der Waals surface area contributed by atoms with E-state index in [1.165, 1.54) is 0 Å². The van der Waals surface area contributed by atoms with Gasteiger partial charge in [-0.15, -0.1) is 0 Å². The van der Waals surface area contributed by atoms with Gasteiger partial charge in [0, 0.05) is 17.5 Å². The summed E-state index contributed by atoms with van der Waals surface area (Å²) < 4.78 is 31.6. The maximum atomic E-state index is 13.1. The minimum Gasteiger partial charge on any atom is -0.380 e. The molecule has 0 aliphatic heterocycles. The van der Waals surface area contributed by atoms with Crippen molar-refractivity contribution < 1.29 is 13.2 Å². The van der Waals surface area contributed by atoms with Gasteiger partial charge in [-0.25, -0.2) is 8.42 Å². The molecule has 0 bridgehead atoms. The second kappa shape index (κ2) is 6.48. The SMILES string of the molecule is CCOC[C@@]1(N)[C@H](S(=O)(=O)c2ccccc2)[C@@H]1c1cccc(Cl)c1. The fraction of sp³-hybridized carbons (Fsp3) is 0.333. The summed E-state index contributed by atoms with van der Waals surface area (Å²) in [4.78, 5) is 0.283. The van der Waals surface area contributed by atoms with Crippen molar-refractivity contribution in [3.8, 4) is 0 Å². The van der Waals surface area contributed by atoms with Crippen molar-refractivity contribution in [2.24, 2.45) is 5.73 Å². The predicted molar refractivity (Wildman–Crippen MR) is 95.0 cm³/mol. The van der Waals surface area contributed by atoms with Gasteiger partial charge in [0.1, 0.15) is 0 Å². The van der Waals surface area contributed by atoms with E-state index in [4.69, 9.17) is 22.1 Å². The summed E-state index contributed by atoms with van der Waals surface area (Å²) in [5, 5.41) is -0.161. The number of ether oxygens (including phenoxy) is 1. The Labute approximate surface area is 147 Å². The second-order valence-corrected chi connectivity index (χ2v) is 8.57. The summed E-state index contributed by atoms with van der Waals surface area (Å²) in [6.45, 7) is 2.54. The Morgan fingerprint density at radius 1 is 1.17 bits per heavy atom. The zero-order chi connectivity index (χ0) is 17.4. The minimum absolute atomic E-state index is 0.192. The molecule has 1 aliphatic rings. The minimum atomic E-state index is -3.56. The van der Waals surface area contributed by atoms with Crippen LogP contribution in [0, 0.1) is 0 Å². The van der Waals surface area contributed by atoms with Gasteiger partial charge in [0.15, 0.2) is 9.84 Å². The maximum Gasteiger partial charge on any atom is 0.183 e. The van der Waals surface area contributed by atoms with Crippen molar-refractivity contribution >= 4 is 21.4 Å². The second-order valence-electron chi connectivity index (χ2n) is 6.06. The van der Waals surface area contributed by atoms with E-state index < -0.39 is 20.6 Å². The van der Waals surface area contributed by atoms with Gasteiger partial charge < -0.3 is 10.5 Å². The number of rotatable bonds is 6. The first-order valence-corrected chi connectivity index (χ1v) is 9.74. The Morgan fingerprint density at radius 3 is 2.50 bits per heavy atom. The number of halogens is 1. The quantitative estimate of drug-likeness (QED) is 0.854. The van der Waals surface area contributed by atoms with Gasteiger partial charge in [0.2, 0.25) is 0 Å². The van der Waals surface area contributed by atoms with Crippen LogP contribution in [0.2, 0.25) is 5.02 Å². The molecule has 2 aromatic rings. The monoisotopic (exact) mass is 365 g/mol. The molecule has 4 nitrogen and oxygen atoms in total. The molecule has 0 unspecified atom stereocenters. The van der Waals surface area contributed by atoms with Crippen LogP contribution >= 0.6 is 11.6 Å². The first-order chi connectivity index (χ1) is 11.4. The van der Waals surface area contributed by atoms with Crippen LogP contribution in [0.5, 0.6) is 0 Å². The highest BCUT2D eigenvalue weighted by atomic mass is 35.5. The molecule has 0 spiro atoms. The predicted octanol–water partition coefficient (Wildman–Crippen LogP) is 3.01. The van der Waals surface area contributed by atoms with Crippen LogP contribution < -0.4 is 5.73 Å². The van der Waals surface area contributed by atoms with Gasteiger partial charge in [0.25, 0.3) is 0 Å². The van der Waals surface area contributed by atoms with E-state index in [2.05, 4.69) is 0 Å². The summed E-state index contributed by atoms with van der Waals surface area (Å²) in [5.41, 5.74) is 6.36. The Bertz CT molecular complexity index is 825. The van der Waals surface area contributed by atoms with Gasteiger partial charge >= 0.3 is 0 Å².